The van der Waals surface area contributed by atoms with Crippen LogP contribution in [0.2, 0.25) is 0 Å². The Kier molecular flexibility index (Phi) is 54.9. The minimum absolute atomic E-state index is 0.0846. The van der Waals surface area contributed by atoms with Crippen molar-refractivity contribution in [2.45, 2.75) is 277 Å². The van der Waals surface area contributed by atoms with E-state index in [1.165, 1.54) is 96.3 Å². The first kappa shape index (κ1) is 66.3. The van der Waals surface area contributed by atoms with Crippen LogP contribution in [0.1, 0.15) is 271 Å². The molecule has 0 amide bonds. The van der Waals surface area contributed by atoms with Crippen LogP contribution < -0.4 is 0 Å². The zero-order valence-corrected chi connectivity index (χ0v) is 45.8. The fourth-order valence-electron chi connectivity index (χ4n) is 8.01. The molecule has 0 saturated heterocycles. The van der Waals surface area contributed by atoms with E-state index in [0.717, 1.165) is 135 Å². The summed E-state index contributed by atoms with van der Waals surface area (Å²) in [5.74, 6) is -0.904. The number of esters is 3. The normalized spacial score (nSPS) is 12.8. The second kappa shape index (κ2) is 57.9. The molecule has 0 N–H and O–H groups in total. The summed E-state index contributed by atoms with van der Waals surface area (Å²) >= 11 is 0. The van der Waals surface area contributed by atoms with Crippen molar-refractivity contribution in [2.24, 2.45) is 0 Å². The Morgan fingerprint density at radius 2 is 0.557 bits per heavy atom. The van der Waals surface area contributed by atoms with Crippen LogP contribution in [0.25, 0.3) is 0 Å². The first-order valence-corrected chi connectivity index (χ1v) is 29.2. The standard InChI is InChI=1S/C64H108O6/c1-4-7-10-13-16-19-22-25-27-28-29-30-31-32-33-34-35-36-38-39-42-45-48-51-54-57-63(66)69-60-61(59-68-62(65)56-53-50-47-44-41-24-21-18-15-12-9-6-3)70-64(67)58-55-52-49-46-43-40-37-26-23-20-17-14-11-8-5-2/h7-8,10-11,16-17,19-20,25-27,29-30,32-33,37,61H,4-6,9,12-15,18,21-24,28,31,34-36,38-60H2,1-3H3/b10-7-,11-8-,19-16-,20-17-,27-25-,30-29-,33-32-,37-26-. The fraction of sp³-hybridized carbons (Fsp3) is 0.703. The van der Waals surface area contributed by atoms with Gasteiger partial charge in [-0.3, -0.25) is 14.4 Å². The van der Waals surface area contributed by atoms with Gasteiger partial charge < -0.3 is 14.2 Å². The smallest absolute Gasteiger partial charge is 0.306 e. The fourth-order valence-corrected chi connectivity index (χ4v) is 8.01. The number of hydrogen-bond acceptors (Lipinski definition) is 6. The Morgan fingerprint density at radius 3 is 0.871 bits per heavy atom. The third-order valence-corrected chi connectivity index (χ3v) is 12.3. The van der Waals surface area contributed by atoms with E-state index in [9.17, 15) is 14.4 Å². The molecule has 1 unspecified atom stereocenters. The average molecular weight is 974 g/mol. The number of carbonyl (C=O) groups is 3. The lowest BCUT2D eigenvalue weighted by molar-refractivity contribution is -0.167. The summed E-state index contributed by atoms with van der Waals surface area (Å²) in [6.07, 6.45) is 76.8. The van der Waals surface area contributed by atoms with Gasteiger partial charge in [-0.2, -0.15) is 0 Å². The predicted molar refractivity (Wildman–Crippen MR) is 302 cm³/mol. The number of allylic oxidation sites excluding steroid dienone is 16. The summed E-state index contributed by atoms with van der Waals surface area (Å²) in [4.78, 5) is 38.1. The lowest BCUT2D eigenvalue weighted by atomic mass is 10.0. The van der Waals surface area contributed by atoms with Crippen molar-refractivity contribution in [2.75, 3.05) is 13.2 Å². The van der Waals surface area contributed by atoms with Crippen LogP contribution in [0.15, 0.2) is 97.2 Å². The van der Waals surface area contributed by atoms with Gasteiger partial charge in [-0.15, -0.1) is 0 Å². The summed E-state index contributed by atoms with van der Waals surface area (Å²) in [7, 11) is 0. The van der Waals surface area contributed by atoms with Gasteiger partial charge in [-0.1, -0.05) is 253 Å². The first-order chi connectivity index (χ1) is 34.5. The number of carbonyl (C=O) groups excluding carboxylic acids is 3. The van der Waals surface area contributed by atoms with Gasteiger partial charge in [0.05, 0.1) is 0 Å². The van der Waals surface area contributed by atoms with Gasteiger partial charge in [0.1, 0.15) is 13.2 Å². The Labute approximate surface area is 432 Å². The van der Waals surface area contributed by atoms with Gasteiger partial charge in [-0.05, 0) is 96.3 Å². The lowest BCUT2D eigenvalue weighted by Crippen LogP contribution is -2.30. The average Bonchev–Trinajstić information content (AvgIpc) is 3.36. The molecule has 0 rings (SSSR count). The zero-order valence-electron chi connectivity index (χ0n) is 45.8. The van der Waals surface area contributed by atoms with Crippen LogP contribution in [0.5, 0.6) is 0 Å². The SMILES string of the molecule is CC/C=C\C/C=C\C/C=C\C/C=C\C/C=C\CCCCCCCCCCCC(=O)OCC(COC(=O)CCCCCCCCCCCCCC)OC(=O)CCCCCCC/C=C\C/C=C\C/C=C\CC. The molecule has 0 radical (unpaired) electrons. The second-order valence-corrected chi connectivity index (χ2v) is 19.1. The number of ether oxygens (including phenoxy) is 3. The third kappa shape index (κ3) is 55.3. The van der Waals surface area contributed by atoms with Gasteiger partial charge in [0.2, 0.25) is 0 Å². The molecule has 0 bridgehead atoms. The maximum atomic E-state index is 12.8. The van der Waals surface area contributed by atoms with Crippen molar-refractivity contribution in [3.63, 3.8) is 0 Å². The first-order valence-electron chi connectivity index (χ1n) is 29.2. The highest BCUT2D eigenvalue weighted by molar-refractivity contribution is 5.71. The highest BCUT2D eigenvalue weighted by Gasteiger charge is 2.19. The minimum atomic E-state index is -0.788. The van der Waals surface area contributed by atoms with Crippen molar-refractivity contribution in [3.8, 4) is 0 Å². The minimum Gasteiger partial charge on any atom is -0.462 e. The van der Waals surface area contributed by atoms with E-state index in [-0.39, 0.29) is 31.1 Å². The molecule has 0 saturated carbocycles. The second-order valence-electron chi connectivity index (χ2n) is 19.1. The molecule has 400 valence electrons. The molecule has 0 aromatic heterocycles. The van der Waals surface area contributed by atoms with Crippen molar-refractivity contribution >= 4 is 17.9 Å². The van der Waals surface area contributed by atoms with E-state index < -0.39 is 6.10 Å². The molecular formula is C64H108O6. The molecule has 0 heterocycles. The highest BCUT2D eigenvalue weighted by Crippen LogP contribution is 2.15. The van der Waals surface area contributed by atoms with Crippen molar-refractivity contribution in [3.05, 3.63) is 97.2 Å². The van der Waals surface area contributed by atoms with Gasteiger partial charge in [0, 0.05) is 19.3 Å². The van der Waals surface area contributed by atoms with Crippen LogP contribution >= 0.6 is 0 Å². The number of hydrogen-bond donors (Lipinski definition) is 0. The predicted octanol–water partition coefficient (Wildman–Crippen LogP) is 19.7. The van der Waals surface area contributed by atoms with E-state index in [2.05, 4.69) is 118 Å². The molecule has 0 aliphatic heterocycles. The Balaban J connectivity index is 4.32. The monoisotopic (exact) mass is 973 g/mol. The van der Waals surface area contributed by atoms with E-state index in [1.54, 1.807) is 0 Å². The maximum Gasteiger partial charge on any atom is 0.306 e. The lowest BCUT2D eigenvalue weighted by Gasteiger charge is -2.18. The Bertz CT molecular complexity index is 1400. The van der Waals surface area contributed by atoms with Gasteiger partial charge >= 0.3 is 17.9 Å². The molecule has 1 atom stereocenters. The van der Waals surface area contributed by atoms with Crippen LogP contribution in [0.4, 0.5) is 0 Å². The number of unbranched alkanes of at least 4 members (excludes halogenated alkanes) is 25. The van der Waals surface area contributed by atoms with Gasteiger partial charge in [0.25, 0.3) is 0 Å². The largest absolute Gasteiger partial charge is 0.462 e. The van der Waals surface area contributed by atoms with Crippen molar-refractivity contribution in [1.82, 2.24) is 0 Å². The summed E-state index contributed by atoms with van der Waals surface area (Å²) in [6, 6.07) is 0. The molecule has 0 aromatic carbocycles. The zero-order chi connectivity index (χ0) is 50.7. The summed E-state index contributed by atoms with van der Waals surface area (Å²) in [6.45, 7) is 6.40. The van der Waals surface area contributed by atoms with E-state index in [1.807, 2.05) is 0 Å². The molecular weight excluding hydrogens is 865 g/mol. The van der Waals surface area contributed by atoms with Crippen LogP contribution in [-0.4, -0.2) is 37.2 Å². The quantitative estimate of drug-likeness (QED) is 0.0262. The topological polar surface area (TPSA) is 78.9 Å². The highest BCUT2D eigenvalue weighted by atomic mass is 16.6. The molecule has 0 fully saturated rings. The molecule has 0 aliphatic rings. The maximum absolute atomic E-state index is 12.8. The number of rotatable bonds is 52. The Hall–Kier alpha value is -3.67. The van der Waals surface area contributed by atoms with Gasteiger partial charge in [-0.25, -0.2) is 0 Å². The van der Waals surface area contributed by atoms with E-state index >= 15 is 0 Å². The third-order valence-electron chi connectivity index (χ3n) is 12.3. The van der Waals surface area contributed by atoms with Crippen LogP contribution in [-0.2, 0) is 28.6 Å². The van der Waals surface area contributed by atoms with E-state index in [0.29, 0.717) is 19.3 Å². The van der Waals surface area contributed by atoms with Gasteiger partial charge in [0.15, 0.2) is 6.10 Å². The molecule has 6 nitrogen and oxygen atoms in total. The molecule has 70 heavy (non-hydrogen) atoms. The van der Waals surface area contributed by atoms with E-state index in [4.69, 9.17) is 14.2 Å². The Morgan fingerprint density at radius 1 is 0.300 bits per heavy atom. The summed E-state index contributed by atoms with van der Waals surface area (Å²) in [5, 5.41) is 0. The van der Waals surface area contributed by atoms with Crippen LogP contribution in [0.3, 0.4) is 0 Å². The van der Waals surface area contributed by atoms with Crippen molar-refractivity contribution in [1.29, 1.82) is 0 Å². The molecule has 0 spiro atoms. The molecule has 0 aliphatic carbocycles. The summed E-state index contributed by atoms with van der Waals surface area (Å²) in [5.41, 5.74) is 0. The van der Waals surface area contributed by atoms with Crippen LogP contribution in [0, 0.1) is 0 Å². The molecule has 6 heteroatoms. The summed E-state index contributed by atoms with van der Waals surface area (Å²) < 4.78 is 16.8. The van der Waals surface area contributed by atoms with Crippen molar-refractivity contribution < 1.29 is 28.6 Å². The molecule has 0 aromatic rings.